The Kier molecular flexibility index (Phi) is 5.65. The van der Waals surface area contributed by atoms with Gasteiger partial charge in [-0.2, -0.15) is 0 Å². The van der Waals surface area contributed by atoms with Crippen LogP contribution in [0, 0.1) is 10.1 Å². The molecule has 0 aliphatic rings. The molecule has 1 aromatic rings. The monoisotopic (exact) mass is 296 g/mol. The van der Waals surface area contributed by atoms with E-state index in [1.807, 2.05) is 6.92 Å². The average molecular weight is 296 g/mol. The molecule has 0 aliphatic carbocycles. The molecular weight excluding hydrogens is 280 g/mol. The lowest BCUT2D eigenvalue weighted by atomic mass is 10.2. The molecule has 8 nitrogen and oxygen atoms in total. The predicted octanol–water partition coefficient (Wildman–Crippen LogP) is 1.59. The van der Waals surface area contributed by atoms with Crippen LogP contribution in [0.3, 0.4) is 0 Å². The van der Waals surface area contributed by atoms with Crippen molar-refractivity contribution in [1.29, 1.82) is 0 Å². The van der Waals surface area contributed by atoms with E-state index in [9.17, 15) is 19.7 Å². The summed E-state index contributed by atoms with van der Waals surface area (Å²) < 4.78 is 5.24. The summed E-state index contributed by atoms with van der Waals surface area (Å²) in [6.45, 7) is 3.78. The lowest BCUT2D eigenvalue weighted by molar-refractivity contribution is -0.386. The molecule has 1 unspecified atom stereocenters. The lowest BCUT2D eigenvalue weighted by Crippen LogP contribution is -2.36. The minimum absolute atomic E-state index is 0.156. The Hall–Kier alpha value is -2.64. The molecular formula is C13H16N2O6. The van der Waals surface area contributed by atoms with Crippen molar-refractivity contribution < 1.29 is 24.4 Å². The number of hydrogen-bond acceptors (Lipinski definition) is 5. The van der Waals surface area contributed by atoms with Crippen LogP contribution in [0.4, 0.5) is 5.69 Å². The van der Waals surface area contributed by atoms with E-state index >= 15 is 0 Å². The van der Waals surface area contributed by atoms with Crippen molar-refractivity contribution in [3.63, 3.8) is 0 Å². The largest absolute Gasteiger partial charge is 0.478 e. The van der Waals surface area contributed by atoms with E-state index in [1.165, 1.54) is 6.92 Å². The predicted molar refractivity (Wildman–Crippen MR) is 73.4 cm³/mol. The van der Waals surface area contributed by atoms with Gasteiger partial charge in [0.25, 0.3) is 5.91 Å². The molecule has 1 amide bonds. The van der Waals surface area contributed by atoms with Gasteiger partial charge in [-0.15, -0.1) is 0 Å². The summed E-state index contributed by atoms with van der Waals surface area (Å²) >= 11 is 0. The van der Waals surface area contributed by atoms with E-state index in [-0.39, 0.29) is 11.3 Å². The number of nitrogens with zero attached hydrogens (tertiary/aromatic N) is 1. The van der Waals surface area contributed by atoms with Crippen molar-refractivity contribution >= 4 is 17.6 Å². The van der Waals surface area contributed by atoms with Crippen molar-refractivity contribution in [2.45, 2.75) is 26.4 Å². The molecule has 1 aromatic carbocycles. The van der Waals surface area contributed by atoms with Crippen LogP contribution < -0.4 is 10.1 Å². The Morgan fingerprint density at radius 1 is 1.48 bits per heavy atom. The van der Waals surface area contributed by atoms with Crippen molar-refractivity contribution in [2.24, 2.45) is 0 Å². The molecule has 2 N–H and O–H groups in total. The molecule has 8 heteroatoms. The lowest BCUT2D eigenvalue weighted by Gasteiger charge is -2.14. The zero-order chi connectivity index (χ0) is 16.0. The Morgan fingerprint density at radius 3 is 2.67 bits per heavy atom. The Morgan fingerprint density at radius 2 is 2.14 bits per heavy atom. The third-order valence-electron chi connectivity index (χ3n) is 2.63. The summed E-state index contributed by atoms with van der Waals surface area (Å²) in [5.41, 5.74) is -0.549. The van der Waals surface area contributed by atoms with Crippen LogP contribution in [-0.2, 0) is 4.79 Å². The molecule has 0 aromatic heterocycles. The maximum atomic E-state index is 11.7. The minimum Gasteiger partial charge on any atom is -0.478 e. The summed E-state index contributed by atoms with van der Waals surface area (Å²) in [6.07, 6.45) is -0.230. The van der Waals surface area contributed by atoms with Crippen molar-refractivity contribution in [1.82, 2.24) is 5.32 Å². The Balaban J connectivity index is 2.98. The highest BCUT2D eigenvalue weighted by molar-refractivity contribution is 5.89. The van der Waals surface area contributed by atoms with Gasteiger partial charge in [-0.05, 0) is 19.4 Å². The molecule has 0 heterocycles. The third kappa shape index (κ3) is 4.44. The van der Waals surface area contributed by atoms with Crippen LogP contribution in [0.15, 0.2) is 18.2 Å². The summed E-state index contributed by atoms with van der Waals surface area (Å²) in [4.78, 5) is 32.8. The molecule has 21 heavy (non-hydrogen) atoms. The van der Waals surface area contributed by atoms with Crippen LogP contribution >= 0.6 is 0 Å². The van der Waals surface area contributed by atoms with Gasteiger partial charge in [0.15, 0.2) is 11.9 Å². The zero-order valence-corrected chi connectivity index (χ0v) is 11.7. The second kappa shape index (κ2) is 7.22. The van der Waals surface area contributed by atoms with Crippen LogP contribution in [0.1, 0.15) is 30.6 Å². The number of ether oxygens (including phenoxy) is 1. The van der Waals surface area contributed by atoms with E-state index in [4.69, 9.17) is 9.84 Å². The molecule has 0 saturated heterocycles. The molecule has 0 spiro atoms. The fraction of sp³-hybridized carbons (Fsp3) is 0.385. The first-order valence-electron chi connectivity index (χ1n) is 6.33. The molecule has 0 bridgehead atoms. The van der Waals surface area contributed by atoms with Crippen LogP contribution in [0.2, 0.25) is 0 Å². The smallest absolute Gasteiger partial charge is 0.335 e. The summed E-state index contributed by atoms with van der Waals surface area (Å²) in [5.74, 6) is -1.91. The SMILES string of the molecule is CCCNC(=O)C(C)Oc1cc(C(=O)O)ccc1[N+](=O)[O-]. The number of carboxylic acid groups (broad SMARTS) is 1. The number of carboxylic acids is 1. The molecule has 0 radical (unpaired) electrons. The van der Waals surface area contributed by atoms with Crippen molar-refractivity contribution in [2.75, 3.05) is 6.54 Å². The number of nitrogens with one attached hydrogen (secondary N) is 1. The zero-order valence-electron chi connectivity index (χ0n) is 11.7. The minimum atomic E-state index is -1.24. The molecule has 1 atom stereocenters. The highest BCUT2D eigenvalue weighted by Crippen LogP contribution is 2.29. The normalized spacial score (nSPS) is 11.5. The first-order chi connectivity index (χ1) is 9.86. The van der Waals surface area contributed by atoms with E-state index in [0.717, 1.165) is 24.6 Å². The van der Waals surface area contributed by atoms with E-state index < -0.39 is 28.6 Å². The van der Waals surface area contributed by atoms with E-state index in [1.54, 1.807) is 0 Å². The molecule has 0 aliphatic heterocycles. The fourth-order valence-corrected chi connectivity index (χ4v) is 1.53. The van der Waals surface area contributed by atoms with Crippen LogP contribution in [0.5, 0.6) is 5.75 Å². The van der Waals surface area contributed by atoms with Gasteiger partial charge in [0.2, 0.25) is 0 Å². The van der Waals surface area contributed by atoms with Crippen molar-refractivity contribution in [3.8, 4) is 5.75 Å². The highest BCUT2D eigenvalue weighted by atomic mass is 16.6. The number of aromatic carboxylic acids is 1. The van der Waals surface area contributed by atoms with Crippen LogP contribution in [-0.4, -0.2) is 34.6 Å². The number of benzene rings is 1. The van der Waals surface area contributed by atoms with Crippen LogP contribution in [0.25, 0.3) is 0 Å². The number of nitro benzene ring substituents is 1. The first-order valence-corrected chi connectivity index (χ1v) is 6.33. The quantitative estimate of drug-likeness (QED) is 0.582. The first kappa shape index (κ1) is 16.4. The van der Waals surface area contributed by atoms with Gasteiger partial charge in [-0.1, -0.05) is 6.92 Å². The maximum absolute atomic E-state index is 11.7. The maximum Gasteiger partial charge on any atom is 0.335 e. The van der Waals surface area contributed by atoms with E-state index in [0.29, 0.717) is 6.54 Å². The number of amides is 1. The summed E-state index contributed by atoms with van der Waals surface area (Å²) in [5, 5.41) is 22.4. The molecule has 0 saturated carbocycles. The highest BCUT2D eigenvalue weighted by Gasteiger charge is 2.22. The van der Waals surface area contributed by atoms with Gasteiger partial charge in [-0.3, -0.25) is 14.9 Å². The number of nitro groups is 1. The standard InChI is InChI=1S/C13H16N2O6/c1-3-6-14-12(16)8(2)21-11-7-9(13(17)18)4-5-10(11)15(19)20/h4-5,7-8H,3,6H2,1-2H3,(H,14,16)(H,17,18). The fourth-order valence-electron chi connectivity index (χ4n) is 1.53. The van der Waals surface area contributed by atoms with Gasteiger partial charge < -0.3 is 15.2 Å². The topological polar surface area (TPSA) is 119 Å². The van der Waals surface area contributed by atoms with Gasteiger partial charge in [-0.25, -0.2) is 4.79 Å². The van der Waals surface area contributed by atoms with Gasteiger partial charge >= 0.3 is 11.7 Å². The van der Waals surface area contributed by atoms with E-state index in [2.05, 4.69) is 5.32 Å². The van der Waals surface area contributed by atoms with Gasteiger partial charge in [0.05, 0.1) is 10.5 Å². The molecule has 114 valence electrons. The van der Waals surface area contributed by atoms with Gasteiger partial charge in [0.1, 0.15) is 0 Å². The number of rotatable bonds is 7. The van der Waals surface area contributed by atoms with Gasteiger partial charge in [0, 0.05) is 18.7 Å². The Bertz CT molecular complexity index is 558. The second-order valence-electron chi connectivity index (χ2n) is 4.30. The Labute approximate surface area is 120 Å². The van der Waals surface area contributed by atoms with Crippen molar-refractivity contribution in [3.05, 3.63) is 33.9 Å². The average Bonchev–Trinajstić information content (AvgIpc) is 2.44. The number of carbonyl (C=O) groups excluding carboxylic acids is 1. The second-order valence-corrected chi connectivity index (χ2v) is 4.30. The summed E-state index contributed by atoms with van der Waals surface area (Å²) in [7, 11) is 0. The number of carbonyl (C=O) groups is 2. The molecule has 1 rings (SSSR count). The summed E-state index contributed by atoms with van der Waals surface area (Å²) in [6, 6.07) is 3.18. The number of hydrogen-bond donors (Lipinski definition) is 2. The third-order valence-corrected chi connectivity index (χ3v) is 2.63. The molecule has 0 fully saturated rings.